The maximum Gasteiger partial charge on any atom is 0.254 e. The first-order chi connectivity index (χ1) is 14.5. The van der Waals surface area contributed by atoms with Gasteiger partial charge in [0.2, 0.25) is 17.8 Å². The van der Waals surface area contributed by atoms with E-state index in [2.05, 4.69) is 31.1 Å². The summed E-state index contributed by atoms with van der Waals surface area (Å²) in [7, 11) is 1.54. The van der Waals surface area contributed by atoms with E-state index in [0.717, 1.165) is 0 Å². The number of hydrogen-bond donors (Lipinski definition) is 4. The number of methoxy groups -OCH3 is 1. The fourth-order valence-electron chi connectivity index (χ4n) is 3.09. The van der Waals surface area contributed by atoms with Crippen LogP contribution in [0.1, 0.15) is 16.8 Å². The summed E-state index contributed by atoms with van der Waals surface area (Å²) < 4.78 is 5.29. The third kappa shape index (κ3) is 3.83. The van der Waals surface area contributed by atoms with Gasteiger partial charge < -0.3 is 15.4 Å². The molecule has 3 amide bonds. The topological polar surface area (TPSA) is 138 Å². The van der Waals surface area contributed by atoms with E-state index in [4.69, 9.17) is 4.74 Å². The third-order valence-corrected chi connectivity index (χ3v) is 4.54. The molecule has 0 saturated heterocycles. The number of para-hydroxylation sites is 2. The Morgan fingerprint density at radius 2 is 1.83 bits per heavy atom. The molecule has 10 heteroatoms. The van der Waals surface area contributed by atoms with Gasteiger partial charge in [0.15, 0.2) is 5.82 Å². The van der Waals surface area contributed by atoms with Crippen molar-refractivity contribution in [2.75, 3.05) is 17.7 Å². The minimum Gasteiger partial charge on any atom is -0.496 e. The van der Waals surface area contributed by atoms with Crippen molar-refractivity contribution < 1.29 is 19.1 Å². The van der Waals surface area contributed by atoms with E-state index in [1.54, 1.807) is 43.5 Å². The van der Waals surface area contributed by atoms with Crippen LogP contribution in [0.15, 0.2) is 48.5 Å². The first kappa shape index (κ1) is 19.1. The normalized spacial score (nSPS) is 15.4. The molecule has 30 heavy (non-hydrogen) atoms. The summed E-state index contributed by atoms with van der Waals surface area (Å²) in [6.45, 7) is 0. The van der Waals surface area contributed by atoms with E-state index in [1.807, 2.05) is 12.1 Å². The van der Waals surface area contributed by atoms with Gasteiger partial charge in [-0.2, -0.15) is 4.98 Å². The van der Waals surface area contributed by atoms with E-state index >= 15 is 0 Å². The van der Waals surface area contributed by atoms with Crippen molar-refractivity contribution in [3.05, 3.63) is 54.1 Å². The Bertz CT molecular complexity index is 1130. The standard InChI is InChI=1S/C20H18N6O4/c1-30-15-9-5-3-7-12(15)17-24-20(26-25-17)23-16(27)10-14-19(29)21-13-8-4-2-6-11(13)18(28)22-14/h2-9,14H,10H2,1H3,(H,21,29)(H,22,28)(H2,23,24,25,26,27). The summed E-state index contributed by atoms with van der Waals surface area (Å²) in [6.07, 6.45) is -0.274. The van der Waals surface area contributed by atoms with Gasteiger partial charge in [0.1, 0.15) is 11.8 Å². The highest BCUT2D eigenvalue weighted by atomic mass is 16.5. The van der Waals surface area contributed by atoms with Gasteiger partial charge in [-0.1, -0.05) is 24.3 Å². The highest BCUT2D eigenvalue weighted by Crippen LogP contribution is 2.27. The van der Waals surface area contributed by atoms with Gasteiger partial charge in [0.05, 0.1) is 30.3 Å². The first-order valence-corrected chi connectivity index (χ1v) is 9.11. The number of nitrogens with zero attached hydrogens (tertiary/aromatic N) is 2. The van der Waals surface area contributed by atoms with Crippen molar-refractivity contribution in [2.24, 2.45) is 0 Å². The van der Waals surface area contributed by atoms with Crippen molar-refractivity contribution in [1.29, 1.82) is 0 Å². The number of rotatable bonds is 5. The van der Waals surface area contributed by atoms with E-state index in [0.29, 0.717) is 28.4 Å². The quantitative estimate of drug-likeness (QED) is 0.507. The lowest BCUT2D eigenvalue weighted by Crippen LogP contribution is -2.43. The summed E-state index contributed by atoms with van der Waals surface area (Å²) >= 11 is 0. The number of H-pyrrole nitrogens is 1. The lowest BCUT2D eigenvalue weighted by molar-refractivity contribution is -0.122. The van der Waals surface area contributed by atoms with Crippen LogP contribution in [0.25, 0.3) is 11.4 Å². The predicted octanol–water partition coefficient (Wildman–Crippen LogP) is 1.56. The molecule has 152 valence electrons. The number of fused-ring (bicyclic) bond motifs is 1. The molecule has 4 N–H and O–H groups in total. The lowest BCUT2D eigenvalue weighted by Gasteiger charge is -2.13. The molecule has 1 unspecified atom stereocenters. The van der Waals surface area contributed by atoms with Crippen LogP contribution >= 0.6 is 0 Å². The van der Waals surface area contributed by atoms with Crippen molar-refractivity contribution in [3.63, 3.8) is 0 Å². The van der Waals surface area contributed by atoms with Crippen LogP contribution in [0.2, 0.25) is 0 Å². The van der Waals surface area contributed by atoms with E-state index in [9.17, 15) is 14.4 Å². The number of ether oxygens (including phenoxy) is 1. The lowest BCUT2D eigenvalue weighted by atomic mass is 10.1. The van der Waals surface area contributed by atoms with Gasteiger partial charge in [0, 0.05) is 0 Å². The number of carbonyl (C=O) groups is 3. The number of hydrogen-bond acceptors (Lipinski definition) is 6. The Labute approximate surface area is 171 Å². The van der Waals surface area contributed by atoms with Crippen LogP contribution in [-0.4, -0.2) is 46.1 Å². The zero-order valence-corrected chi connectivity index (χ0v) is 15.9. The zero-order chi connectivity index (χ0) is 21.1. The maximum absolute atomic E-state index is 12.4. The average Bonchev–Trinajstić information content (AvgIpc) is 3.17. The molecule has 0 radical (unpaired) electrons. The van der Waals surface area contributed by atoms with Gasteiger partial charge in [0.25, 0.3) is 5.91 Å². The van der Waals surface area contributed by atoms with E-state index in [-0.39, 0.29) is 12.4 Å². The summed E-state index contributed by atoms with van der Waals surface area (Å²) in [6, 6.07) is 12.8. The fraction of sp³-hybridized carbons (Fsp3) is 0.150. The summed E-state index contributed by atoms with van der Waals surface area (Å²) in [5, 5.41) is 14.5. The van der Waals surface area contributed by atoms with Crippen LogP contribution in [0.3, 0.4) is 0 Å². The average molecular weight is 406 g/mol. The van der Waals surface area contributed by atoms with Crippen LogP contribution in [0.4, 0.5) is 11.6 Å². The molecule has 1 aliphatic heterocycles. The maximum atomic E-state index is 12.4. The molecular weight excluding hydrogens is 388 g/mol. The predicted molar refractivity (Wildman–Crippen MR) is 108 cm³/mol. The third-order valence-electron chi connectivity index (χ3n) is 4.54. The van der Waals surface area contributed by atoms with Gasteiger partial charge in [-0.15, -0.1) is 5.10 Å². The Hall–Kier alpha value is -4.21. The van der Waals surface area contributed by atoms with Gasteiger partial charge in [-0.25, -0.2) is 0 Å². The molecule has 10 nitrogen and oxygen atoms in total. The van der Waals surface area contributed by atoms with Crippen molar-refractivity contribution in [3.8, 4) is 17.1 Å². The summed E-state index contributed by atoms with van der Waals surface area (Å²) in [4.78, 5) is 41.4. The van der Waals surface area contributed by atoms with Crippen LogP contribution in [0, 0.1) is 0 Å². The summed E-state index contributed by atoms with van der Waals surface area (Å²) in [5.41, 5.74) is 1.42. The Kier molecular flexibility index (Phi) is 5.12. The molecule has 0 aliphatic carbocycles. The molecule has 2 heterocycles. The molecule has 0 spiro atoms. The number of aromatic nitrogens is 3. The SMILES string of the molecule is COc1ccccc1-c1nc(NC(=O)CC2NC(=O)c3ccccc3NC2=O)n[nH]1. The Morgan fingerprint density at radius 3 is 2.63 bits per heavy atom. The van der Waals surface area contributed by atoms with Crippen molar-refractivity contribution in [1.82, 2.24) is 20.5 Å². The number of anilines is 2. The molecule has 1 aliphatic rings. The van der Waals surface area contributed by atoms with E-state index in [1.165, 1.54) is 0 Å². The second-order valence-corrected chi connectivity index (χ2v) is 6.52. The second kappa shape index (κ2) is 8.03. The molecule has 4 rings (SSSR count). The van der Waals surface area contributed by atoms with Crippen molar-refractivity contribution >= 4 is 29.4 Å². The smallest absolute Gasteiger partial charge is 0.254 e. The van der Waals surface area contributed by atoms with Gasteiger partial charge >= 0.3 is 0 Å². The molecule has 3 aromatic rings. The molecule has 1 atom stereocenters. The monoisotopic (exact) mass is 406 g/mol. The Balaban J connectivity index is 1.44. The summed E-state index contributed by atoms with van der Waals surface area (Å²) in [5.74, 6) is -0.370. The first-order valence-electron chi connectivity index (χ1n) is 9.11. The number of aromatic amines is 1. The number of nitrogens with one attached hydrogen (secondary N) is 4. The van der Waals surface area contributed by atoms with Gasteiger partial charge in [-0.3, -0.25) is 24.8 Å². The van der Waals surface area contributed by atoms with Crippen LogP contribution in [-0.2, 0) is 9.59 Å². The molecule has 0 fully saturated rings. The van der Waals surface area contributed by atoms with Crippen molar-refractivity contribution in [2.45, 2.75) is 12.5 Å². The molecule has 2 aromatic carbocycles. The minimum atomic E-state index is -1.03. The number of amides is 3. The largest absolute Gasteiger partial charge is 0.496 e. The number of benzene rings is 2. The highest BCUT2D eigenvalue weighted by Gasteiger charge is 2.29. The van der Waals surface area contributed by atoms with Gasteiger partial charge in [-0.05, 0) is 24.3 Å². The minimum absolute atomic E-state index is 0.0459. The zero-order valence-electron chi connectivity index (χ0n) is 15.9. The molecule has 1 aromatic heterocycles. The van der Waals surface area contributed by atoms with Crippen LogP contribution in [0.5, 0.6) is 5.75 Å². The Morgan fingerprint density at radius 1 is 1.10 bits per heavy atom. The highest BCUT2D eigenvalue weighted by molar-refractivity contribution is 6.11. The van der Waals surface area contributed by atoms with E-state index < -0.39 is 23.8 Å². The molecular formula is C20H18N6O4. The number of carbonyl (C=O) groups excluding carboxylic acids is 3. The molecule has 0 bridgehead atoms. The fourth-order valence-corrected chi connectivity index (χ4v) is 3.09. The van der Waals surface area contributed by atoms with Crippen LogP contribution < -0.4 is 20.7 Å². The molecule has 0 saturated carbocycles. The second-order valence-electron chi connectivity index (χ2n) is 6.52.